The van der Waals surface area contributed by atoms with Crippen molar-refractivity contribution in [3.8, 4) is 0 Å². The van der Waals surface area contributed by atoms with E-state index >= 15 is 0 Å². The van der Waals surface area contributed by atoms with Crippen LogP contribution in [0.5, 0.6) is 0 Å². The van der Waals surface area contributed by atoms with Gasteiger partial charge in [-0.15, -0.1) is 0 Å². The summed E-state index contributed by atoms with van der Waals surface area (Å²) in [6.45, 7) is 7.04. The number of aryl methyl sites for hydroxylation is 1. The van der Waals surface area contributed by atoms with E-state index < -0.39 is 11.6 Å². The molecule has 2 aromatic carbocycles. The Labute approximate surface area is 180 Å². The molecule has 4 rings (SSSR count). The van der Waals surface area contributed by atoms with Crippen LogP contribution in [0.1, 0.15) is 22.3 Å². The molecular weight excluding hydrogens is 408 g/mol. The lowest BCUT2D eigenvalue weighted by molar-refractivity contribution is 0.0769. The number of rotatable bonds is 6. The number of benzene rings is 2. The Morgan fingerprint density at radius 1 is 1.10 bits per heavy atom. The Bertz CT molecular complexity index is 925. The minimum Gasteiger partial charge on any atom is -0.385 e. The van der Waals surface area contributed by atoms with Crippen LogP contribution in [0.4, 0.5) is 14.5 Å². The molecule has 2 aromatic rings. The first-order chi connectivity index (χ1) is 14.4. The highest BCUT2D eigenvalue weighted by molar-refractivity contribution is 6.31. The van der Waals surface area contributed by atoms with Gasteiger partial charge in [-0.1, -0.05) is 17.7 Å². The third-order valence-electron chi connectivity index (χ3n) is 6.16. The highest BCUT2D eigenvalue weighted by atomic mass is 35.5. The molecule has 2 aliphatic rings. The zero-order valence-corrected chi connectivity index (χ0v) is 17.8. The third-order valence-corrected chi connectivity index (χ3v) is 6.57. The van der Waals surface area contributed by atoms with Crippen LogP contribution in [0.15, 0.2) is 36.4 Å². The van der Waals surface area contributed by atoms with Crippen LogP contribution < -0.4 is 5.32 Å². The van der Waals surface area contributed by atoms with Gasteiger partial charge in [0.05, 0.1) is 5.56 Å². The summed E-state index contributed by atoms with van der Waals surface area (Å²) in [6, 6.07) is 9.14. The van der Waals surface area contributed by atoms with E-state index in [4.69, 9.17) is 11.6 Å². The van der Waals surface area contributed by atoms with E-state index in [-0.39, 0.29) is 11.5 Å². The minimum atomic E-state index is -0.791. The van der Waals surface area contributed by atoms with Gasteiger partial charge < -0.3 is 15.1 Å². The summed E-state index contributed by atoms with van der Waals surface area (Å²) >= 11 is 6.16. The van der Waals surface area contributed by atoms with E-state index in [0.29, 0.717) is 24.9 Å². The fourth-order valence-corrected chi connectivity index (χ4v) is 4.69. The second-order valence-electron chi connectivity index (χ2n) is 8.36. The summed E-state index contributed by atoms with van der Waals surface area (Å²) < 4.78 is 27.0. The van der Waals surface area contributed by atoms with Crippen molar-refractivity contribution < 1.29 is 13.6 Å². The number of hydrogen-bond donors (Lipinski definition) is 1. The number of halogens is 3. The van der Waals surface area contributed by atoms with E-state index in [1.165, 1.54) is 6.07 Å². The molecule has 4 nitrogen and oxygen atoms in total. The maximum atomic E-state index is 13.9. The molecule has 30 heavy (non-hydrogen) atoms. The topological polar surface area (TPSA) is 35.6 Å². The molecule has 1 N–H and O–H groups in total. The minimum absolute atomic E-state index is 0.0458. The van der Waals surface area contributed by atoms with Crippen molar-refractivity contribution in [3.63, 3.8) is 0 Å². The van der Waals surface area contributed by atoms with Crippen molar-refractivity contribution in [1.29, 1.82) is 0 Å². The lowest BCUT2D eigenvalue weighted by Gasteiger charge is -2.22. The van der Waals surface area contributed by atoms with Gasteiger partial charge in [0.25, 0.3) is 5.91 Å². The summed E-state index contributed by atoms with van der Waals surface area (Å²) in [4.78, 5) is 16.8. The SMILES string of the molecule is Cc1ccc(NCCCN2CC3CN(C(=O)c4ccc(F)cc4F)CC3C2)cc1Cl. The molecule has 0 saturated carbocycles. The quantitative estimate of drug-likeness (QED) is 0.684. The predicted molar refractivity (Wildman–Crippen MR) is 115 cm³/mol. The van der Waals surface area contributed by atoms with E-state index in [1.54, 1.807) is 4.90 Å². The normalized spacial score (nSPS) is 21.1. The highest BCUT2D eigenvalue weighted by Gasteiger charge is 2.41. The lowest BCUT2D eigenvalue weighted by atomic mass is 10.0. The highest BCUT2D eigenvalue weighted by Crippen LogP contribution is 2.32. The molecule has 0 aliphatic carbocycles. The standard InChI is InChI=1S/C23H26ClF2N3O/c1-15-3-5-19(10-21(15)24)27-7-2-8-28-11-16-13-29(14-17(16)12-28)23(30)20-6-4-18(25)9-22(20)26/h3-6,9-10,16-17,27H,2,7-8,11-14H2,1H3. The fourth-order valence-electron chi connectivity index (χ4n) is 4.51. The smallest absolute Gasteiger partial charge is 0.256 e. The molecule has 7 heteroatoms. The average molecular weight is 434 g/mol. The van der Waals surface area contributed by atoms with Crippen LogP contribution in [0.25, 0.3) is 0 Å². The van der Waals surface area contributed by atoms with Crippen molar-refractivity contribution in [2.75, 3.05) is 44.6 Å². The predicted octanol–water partition coefficient (Wildman–Crippen LogP) is 4.43. The maximum absolute atomic E-state index is 13.9. The van der Waals surface area contributed by atoms with Gasteiger partial charge in [0.1, 0.15) is 11.6 Å². The van der Waals surface area contributed by atoms with Gasteiger partial charge in [-0.3, -0.25) is 4.79 Å². The fraction of sp³-hybridized carbons (Fsp3) is 0.435. The van der Waals surface area contributed by atoms with E-state index in [0.717, 1.165) is 61.0 Å². The number of hydrogen-bond acceptors (Lipinski definition) is 3. The monoisotopic (exact) mass is 433 g/mol. The summed E-state index contributed by atoms with van der Waals surface area (Å²) in [5.41, 5.74) is 2.06. The number of likely N-dealkylation sites (tertiary alicyclic amines) is 2. The Balaban J connectivity index is 1.21. The first kappa shape index (κ1) is 21.1. The zero-order chi connectivity index (χ0) is 21.3. The second-order valence-corrected chi connectivity index (χ2v) is 8.77. The van der Waals surface area contributed by atoms with Crippen LogP contribution in [0.2, 0.25) is 5.02 Å². The molecule has 0 spiro atoms. The Morgan fingerprint density at radius 3 is 2.50 bits per heavy atom. The second kappa shape index (κ2) is 8.90. The maximum Gasteiger partial charge on any atom is 0.256 e. The van der Waals surface area contributed by atoms with Crippen LogP contribution >= 0.6 is 11.6 Å². The van der Waals surface area contributed by atoms with Crippen molar-refractivity contribution in [2.45, 2.75) is 13.3 Å². The lowest BCUT2D eigenvalue weighted by Crippen LogP contribution is -2.34. The Kier molecular flexibility index (Phi) is 6.25. The number of carbonyl (C=O) groups excluding carboxylic acids is 1. The Hall–Kier alpha value is -2.18. The molecule has 1 amide bonds. The molecule has 2 saturated heterocycles. The third kappa shape index (κ3) is 4.60. The average Bonchev–Trinajstić information content (AvgIpc) is 3.26. The van der Waals surface area contributed by atoms with Crippen LogP contribution in [-0.2, 0) is 0 Å². The van der Waals surface area contributed by atoms with Gasteiger partial charge in [0.2, 0.25) is 0 Å². The van der Waals surface area contributed by atoms with Gasteiger partial charge in [0, 0.05) is 49.5 Å². The Morgan fingerprint density at radius 2 is 1.83 bits per heavy atom. The van der Waals surface area contributed by atoms with Gasteiger partial charge in [-0.05, 0) is 61.6 Å². The van der Waals surface area contributed by atoms with Crippen LogP contribution in [0, 0.1) is 30.4 Å². The number of carbonyl (C=O) groups is 1. The summed E-state index contributed by atoms with van der Waals surface area (Å²) in [5, 5.41) is 4.18. The van der Waals surface area contributed by atoms with Gasteiger partial charge in [-0.2, -0.15) is 0 Å². The van der Waals surface area contributed by atoms with Gasteiger partial charge in [-0.25, -0.2) is 8.78 Å². The number of fused-ring (bicyclic) bond motifs is 1. The molecule has 0 aromatic heterocycles. The molecule has 2 unspecified atom stereocenters. The molecule has 2 fully saturated rings. The first-order valence-electron chi connectivity index (χ1n) is 10.4. The molecule has 2 heterocycles. The van der Waals surface area contributed by atoms with Crippen molar-refractivity contribution in [1.82, 2.24) is 9.80 Å². The zero-order valence-electron chi connectivity index (χ0n) is 17.0. The number of nitrogens with zero attached hydrogens (tertiary/aromatic N) is 2. The molecular formula is C23H26ClF2N3O. The van der Waals surface area contributed by atoms with E-state index in [2.05, 4.69) is 10.2 Å². The molecule has 0 radical (unpaired) electrons. The molecule has 160 valence electrons. The molecule has 2 aliphatic heterocycles. The summed E-state index contributed by atoms with van der Waals surface area (Å²) in [6.07, 6.45) is 1.02. The molecule has 0 bridgehead atoms. The largest absolute Gasteiger partial charge is 0.385 e. The van der Waals surface area contributed by atoms with Gasteiger partial charge >= 0.3 is 0 Å². The summed E-state index contributed by atoms with van der Waals surface area (Å²) in [7, 11) is 0. The van der Waals surface area contributed by atoms with Crippen LogP contribution in [0.3, 0.4) is 0 Å². The first-order valence-corrected chi connectivity index (χ1v) is 10.7. The van der Waals surface area contributed by atoms with Crippen molar-refractivity contribution >= 4 is 23.2 Å². The van der Waals surface area contributed by atoms with Crippen LogP contribution in [-0.4, -0.2) is 55.0 Å². The van der Waals surface area contributed by atoms with E-state index in [9.17, 15) is 13.6 Å². The van der Waals surface area contributed by atoms with Gasteiger partial charge in [0.15, 0.2) is 0 Å². The number of amides is 1. The van der Waals surface area contributed by atoms with Crippen molar-refractivity contribution in [2.24, 2.45) is 11.8 Å². The van der Waals surface area contributed by atoms with E-state index in [1.807, 2.05) is 25.1 Å². The van der Waals surface area contributed by atoms with Crippen molar-refractivity contribution in [3.05, 3.63) is 64.2 Å². The number of nitrogens with one attached hydrogen (secondary N) is 1. The number of anilines is 1. The molecule has 2 atom stereocenters. The summed E-state index contributed by atoms with van der Waals surface area (Å²) in [5.74, 6) is -0.962.